The first-order valence-electron chi connectivity index (χ1n) is 5.70. The summed E-state index contributed by atoms with van der Waals surface area (Å²) in [6.45, 7) is 1.85. The number of nitrogen functional groups attached to an aromatic ring is 1. The summed E-state index contributed by atoms with van der Waals surface area (Å²) in [5.74, 6) is 0.296. The van der Waals surface area contributed by atoms with E-state index in [0.717, 1.165) is 12.1 Å². The molecule has 100 valence electrons. The Morgan fingerprint density at radius 2 is 1.95 bits per heavy atom. The smallest absolute Gasteiger partial charge is 0.383 e. The van der Waals surface area contributed by atoms with Crippen LogP contribution < -0.4 is 5.73 Å². The Morgan fingerprint density at radius 3 is 2.58 bits per heavy atom. The molecule has 19 heavy (non-hydrogen) atoms. The molecule has 2 N–H and O–H groups in total. The first kappa shape index (κ1) is 13.3. The third-order valence-corrected chi connectivity index (χ3v) is 2.80. The molecule has 0 amide bonds. The van der Waals surface area contributed by atoms with Crippen LogP contribution >= 0.6 is 0 Å². The predicted octanol–water partition coefficient (Wildman–Crippen LogP) is 3.31. The molecule has 6 heteroatoms. The van der Waals surface area contributed by atoms with Crippen LogP contribution in [0.15, 0.2) is 30.6 Å². The van der Waals surface area contributed by atoms with E-state index in [0.29, 0.717) is 29.1 Å². The highest BCUT2D eigenvalue weighted by atomic mass is 19.4. The highest BCUT2D eigenvalue weighted by Crippen LogP contribution is 2.33. The van der Waals surface area contributed by atoms with Gasteiger partial charge in [-0.1, -0.05) is 19.1 Å². The van der Waals surface area contributed by atoms with Crippen LogP contribution in [-0.2, 0) is 12.6 Å². The molecule has 1 aromatic heterocycles. The number of nitrogens with two attached hydrogens (primary N) is 1. The molecule has 1 heterocycles. The summed E-state index contributed by atoms with van der Waals surface area (Å²) in [6.07, 6.45) is -2.57. The molecular weight excluding hydrogens is 255 g/mol. The lowest BCUT2D eigenvalue weighted by molar-refractivity contribution is -0.137. The number of nitrogens with zero attached hydrogens (tertiary/aromatic N) is 2. The van der Waals surface area contributed by atoms with Crippen molar-refractivity contribution in [2.45, 2.75) is 19.5 Å². The Labute approximate surface area is 108 Å². The summed E-state index contributed by atoms with van der Waals surface area (Å²) in [7, 11) is 0. The fourth-order valence-corrected chi connectivity index (χ4v) is 1.87. The van der Waals surface area contributed by atoms with Crippen molar-refractivity contribution >= 4 is 5.82 Å². The lowest BCUT2D eigenvalue weighted by Crippen LogP contribution is -2.06. The fourth-order valence-electron chi connectivity index (χ4n) is 1.87. The van der Waals surface area contributed by atoms with Crippen molar-refractivity contribution in [3.05, 3.63) is 41.7 Å². The van der Waals surface area contributed by atoms with Crippen molar-refractivity contribution in [2.75, 3.05) is 5.73 Å². The van der Waals surface area contributed by atoms with Crippen LogP contribution in [0.1, 0.15) is 18.1 Å². The van der Waals surface area contributed by atoms with E-state index in [2.05, 4.69) is 9.97 Å². The molecule has 0 aliphatic heterocycles. The van der Waals surface area contributed by atoms with E-state index < -0.39 is 11.7 Å². The van der Waals surface area contributed by atoms with E-state index in [1.165, 1.54) is 12.4 Å². The van der Waals surface area contributed by atoms with Gasteiger partial charge in [0.1, 0.15) is 12.1 Å². The molecule has 0 aliphatic carbocycles. The van der Waals surface area contributed by atoms with Crippen molar-refractivity contribution in [2.24, 2.45) is 0 Å². The molecule has 2 aromatic rings. The summed E-state index contributed by atoms with van der Waals surface area (Å²) in [5, 5.41) is 0. The van der Waals surface area contributed by atoms with Gasteiger partial charge >= 0.3 is 6.18 Å². The van der Waals surface area contributed by atoms with E-state index in [1.807, 2.05) is 6.92 Å². The number of hydrogen-bond acceptors (Lipinski definition) is 3. The first-order valence-corrected chi connectivity index (χ1v) is 5.70. The van der Waals surface area contributed by atoms with E-state index in [-0.39, 0.29) is 0 Å². The number of benzene rings is 1. The van der Waals surface area contributed by atoms with Crippen LogP contribution in [0.4, 0.5) is 19.0 Å². The van der Waals surface area contributed by atoms with Crippen molar-refractivity contribution < 1.29 is 13.2 Å². The Bertz CT molecular complexity index is 594. The standard InChI is InChI=1S/C13H12F3N3/c1-2-10-11(18-7-19-12(10)17)8-4-3-5-9(6-8)13(14,15)16/h3-7H,2H2,1H3,(H2,17,18,19). The van der Waals surface area contributed by atoms with Crippen LogP contribution in [0.25, 0.3) is 11.3 Å². The lowest BCUT2D eigenvalue weighted by atomic mass is 10.0. The first-order chi connectivity index (χ1) is 8.93. The number of rotatable bonds is 2. The van der Waals surface area contributed by atoms with Gasteiger partial charge in [0.25, 0.3) is 0 Å². The Kier molecular flexibility index (Phi) is 3.42. The Hall–Kier alpha value is -2.11. The zero-order valence-electron chi connectivity index (χ0n) is 10.2. The SMILES string of the molecule is CCc1c(N)ncnc1-c1cccc(C(F)(F)F)c1. The van der Waals surface area contributed by atoms with Crippen LogP contribution in [0.2, 0.25) is 0 Å². The topological polar surface area (TPSA) is 51.8 Å². The van der Waals surface area contributed by atoms with Crippen LogP contribution in [0.5, 0.6) is 0 Å². The van der Waals surface area contributed by atoms with Gasteiger partial charge in [-0.15, -0.1) is 0 Å². The molecule has 0 fully saturated rings. The monoisotopic (exact) mass is 267 g/mol. The van der Waals surface area contributed by atoms with Gasteiger partial charge in [0, 0.05) is 11.1 Å². The van der Waals surface area contributed by atoms with E-state index in [4.69, 9.17) is 5.73 Å². The van der Waals surface area contributed by atoms with Crippen molar-refractivity contribution in [3.63, 3.8) is 0 Å². The van der Waals surface area contributed by atoms with E-state index >= 15 is 0 Å². The minimum atomic E-state index is -4.37. The summed E-state index contributed by atoms with van der Waals surface area (Å²) in [4.78, 5) is 7.90. The van der Waals surface area contributed by atoms with Gasteiger partial charge in [-0.2, -0.15) is 13.2 Å². The van der Waals surface area contributed by atoms with Crippen molar-refractivity contribution in [1.29, 1.82) is 0 Å². The highest BCUT2D eigenvalue weighted by molar-refractivity contribution is 5.68. The molecule has 0 saturated carbocycles. The molecule has 1 aromatic carbocycles. The van der Waals surface area contributed by atoms with Gasteiger partial charge in [0.2, 0.25) is 0 Å². The molecule has 0 radical (unpaired) electrons. The maximum absolute atomic E-state index is 12.7. The normalized spacial score (nSPS) is 11.6. The maximum atomic E-state index is 12.7. The third-order valence-electron chi connectivity index (χ3n) is 2.80. The summed E-state index contributed by atoms with van der Waals surface area (Å²) >= 11 is 0. The quantitative estimate of drug-likeness (QED) is 0.908. The number of aromatic nitrogens is 2. The molecular formula is C13H12F3N3. The van der Waals surface area contributed by atoms with Crippen LogP contribution in [0, 0.1) is 0 Å². The highest BCUT2D eigenvalue weighted by Gasteiger charge is 2.30. The average Bonchev–Trinajstić information content (AvgIpc) is 2.37. The summed E-state index contributed by atoms with van der Waals surface area (Å²) in [6, 6.07) is 5.03. The lowest BCUT2D eigenvalue weighted by Gasteiger charge is -2.11. The van der Waals surface area contributed by atoms with Crippen LogP contribution in [-0.4, -0.2) is 9.97 Å². The van der Waals surface area contributed by atoms with Gasteiger partial charge < -0.3 is 5.73 Å². The predicted molar refractivity (Wildman–Crippen MR) is 66.3 cm³/mol. The zero-order valence-corrected chi connectivity index (χ0v) is 10.2. The molecule has 0 unspecified atom stereocenters. The van der Waals surface area contributed by atoms with Gasteiger partial charge in [-0.05, 0) is 18.6 Å². The van der Waals surface area contributed by atoms with Gasteiger partial charge in [0.05, 0.1) is 11.3 Å². The molecule has 0 spiro atoms. The Balaban J connectivity index is 2.57. The number of hydrogen-bond donors (Lipinski definition) is 1. The number of anilines is 1. The fraction of sp³-hybridized carbons (Fsp3) is 0.231. The van der Waals surface area contributed by atoms with Crippen molar-refractivity contribution in [1.82, 2.24) is 9.97 Å². The largest absolute Gasteiger partial charge is 0.416 e. The van der Waals surface area contributed by atoms with E-state index in [9.17, 15) is 13.2 Å². The molecule has 2 rings (SSSR count). The second kappa shape index (κ2) is 4.87. The second-order valence-corrected chi connectivity index (χ2v) is 4.02. The summed E-state index contributed by atoms with van der Waals surface area (Å²) < 4.78 is 38.1. The number of alkyl halides is 3. The molecule has 0 bridgehead atoms. The van der Waals surface area contributed by atoms with Gasteiger partial charge in [0.15, 0.2) is 0 Å². The van der Waals surface area contributed by atoms with E-state index in [1.54, 1.807) is 6.07 Å². The third kappa shape index (κ3) is 2.67. The van der Waals surface area contributed by atoms with Crippen molar-refractivity contribution in [3.8, 4) is 11.3 Å². The molecule has 0 saturated heterocycles. The number of halogens is 3. The molecule has 0 aliphatic rings. The van der Waals surface area contributed by atoms with Crippen LogP contribution in [0.3, 0.4) is 0 Å². The summed E-state index contributed by atoms with van der Waals surface area (Å²) in [5.41, 5.74) is 6.50. The van der Waals surface area contributed by atoms with Gasteiger partial charge in [-0.25, -0.2) is 9.97 Å². The molecule has 3 nitrogen and oxygen atoms in total. The second-order valence-electron chi connectivity index (χ2n) is 4.02. The average molecular weight is 267 g/mol. The Morgan fingerprint density at radius 1 is 1.21 bits per heavy atom. The maximum Gasteiger partial charge on any atom is 0.416 e. The minimum absolute atomic E-state index is 0.296. The van der Waals surface area contributed by atoms with Gasteiger partial charge in [-0.3, -0.25) is 0 Å². The minimum Gasteiger partial charge on any atom is -0.383 e. The zero-order chi connectivity index (χ0) is 14.0. The molecule has 0 atom stereocenters.